The topological polar surface area (TPSA) is 126 Å². The lowest BCUT2D eigenvalue weighted by Crippen LogP contribution is -2.46. The second-order valence-electron chi connectivity index (χ2n) is 9.28. The fourth-order valence-corrected chi connectivity index (χ4v) is 5.67. The van der Waals surface area contributed by atoms with Gasteiger partial charge >= 0.3 is 0 Å². The van der Waals surface area contributed by atoms with E-state index in [9.17, 15) is 22.8 Å². The lowest BCUT2D eigenvalue weighted by atomic mass is 10.0. The third-order valence-corrected chi connectivity index (χ3v) is 8.32. The van der Waals surface area contributed by atoms with Gasteiger partial charge in [-0.2, -0.15) is 0 Å². The number of halogens is 2. The summed E-state index contributed by atoms with van der Waals surface area (Å²) in [6.07, 6.45) is 3.47. The monoisotopic (exact) mass is 608 g/mol. The molecule has 0 saturated carbocycles. The Labute approximate surface area is 246 Å². The van der Waals surface area contributed by atoms with Gasteiger partial charge in [0.1, 0.15) is 6.04 Å². The minimum absolute atomic E-state index is 0.0459. The molecule has 1 aliphatic rings. The maximum Gasteiger partial charge on any atom is 0.264 e. The number of hydrogen-bond acceptors (Lipinski definition) is 6. The second-order valence-corrected chi connectivity index (χ2v) is 11.8. The molecular formula is C29H22Cl2N4O5S. The molecule has 12 heteroatoms. The molecule has 1 aromatic heterocycles. The summed E-state index contributed by atoms with van der Waals surface area (Å²) in [6.45, 7) is 0.0459. The standard InChI is InChI=1S/C29H22Cl2N4O5S/c30-21-7-10-23(11-8-21)41(39,40)34-27(36)20-5-3-18(4-6-20)17-35-26(14-19-2-1-13-32-16-19)28(37)33-25-15-22(31)9-12-24(25)29(35)38/h1-13,15-16,26H,14,17H2,(H,33,37)(H,34,36)/t26-/m1/s1. The van der Waals surface area contributed by atoms with Gasteiger partial charge in [0, 0.05) is 41.0 Å². The fourth-order valence-electron chi connectivity index (χ4n) is 4.40. The zero-order valence-corrected chi connectivity index (χ0v) is 23.6. The molecule has 0 radical (unpaired) electrons. The van der Waals surface area contributed by atoms with Crippen molar-refractivity contribution in [1.29, 1.82) is 0 Å². The van der Waals surface area contributed by atoms with E-state index in [4.69, 9.17) is 23.2 Å². The van der Waals surface area contributed by atoms with Crippen molar-refractivity contribution in [2.24, 2.45) is 0 Å². The van der Waals surface area contributed by atoms with E-state index < -0.39 is 22.0 Å². The highest BCUT2D eigenvalue weighted by Crippen LogP contribution is 2.29. The Morgan fingerprint density at radius 3 is 2.32 bits per heavy atom. The molecule has 1 aliphatic heterocycles. The summed E-state index contributed by atoms with van der Waals surface area (Å²) in [5.41, 5.74) is 2.10. The number of nitrogens with zero attached hydrogens (tertiary/aromatic N) is 2. The van der Waals surface area contributed by atoms with Gasteiger partial charge in [0.25, 0.3) is 21.8 Å². The van der Waals surface area contributed by atoms with Crippen LogP contribution < -0.4 is 10.0 Å². The molecule has 9 nitrogen and oxygen atoms in total. The van der Waals surface area contributed by atoms with E-state index >= 15 is 0 Å². The Morgan fingerprint density at radius 1 is 0.927 bits per heavy atom. The normalized spacial score (nSPS) is 15.1. The summed E-state index contributed by atoms with van der Waals surface area (Å²) in [6, 6.07) is 18.9. The first kappa shape index (κ1) is 28.3. The van der Waals surface area contributed by atoms with Crippen LogP contribution >= 0.6 is 23.2 Å². The number of amides is 3. The molecule has 2 heterocycles. The van der Waals surface area contributed by atoms with Crippen LogP contribution in [-0.2, 0) is 27.8 Å². The van der Waals surface area contributed by atoms with Crippen LogP contribution in [0.2, 0.25) is 10.0 Å². The molecule has 0 saturated heterocycles. The van der Waals surface area contributed by atoms with Gasteiger partial charge in [0.05, 0.1) is 16.1 Å². The highest BCUT2D eigenvalue weighted by atomic mass is 35.5. The van der Waals surface area contributed by atoms with Crippen LogP contribution in [0.3, 0.4) is 0 Å². The molecule has 2 N–H and O–H groups in total. The number of benzene rings is 3. The predicted octanol–water partition coefficient (Wildman–Crippen LogP) is 4.71. The smallest absolute Gasteiger partial charge is 0.264 e. The van der Waals surface area contributed by atoms with E-state index in [-0.39, 0.29) is 35.2 Å². The van der Waals surface area contributed by atoms with Crippen molar-refractivity contribution in [2.45, 2.75) is 23.9 Å². The predicted molar refractivity (Wildman–Crippen MR) is 154 cm³/mol. The van der Waals surface area contributed by atoms with Crippen LogP contribution in [0.5, 0.6) is 0 Å². The number of hydrogen-bond donors (Lipinski definition) is 2. The first-order valence-electron chi connectivity index (χ1n) is 12.3. The second kappa shape index (κ2) is 11.7. The summed E-state index contributed by atoms with van der Waals surface area (Å²) in [5, 5.41) is 3.56. The Hall–Kier alpha value is -4.25. The molecule has 3 aromatic carbocycles. The highest BCUT2D eigenvalue weighted by molar-refractivity contribution is 7.90. The molecular weight excluding hydrogens is 587 g/mol. The van der Waals surface area contributed by atoms with Gasteiger partial charge < -0.3 is 10.2 Å². The first-order chi connectivity index (χ1) is 19.6. The minimum Gasteiger partial charge on any atom is -0.323 e. The van der Waals surface area contributed by atoms with Crippen LogP contribution in [0, 0.1) is 0 Å². The lowest BCUT2D eigenvalue weighted by Gasteiger charge is -2.29. The zero-order chi connectivity index (χ0) is 29.1. The first-order valence-corrected chi connectivity index (χ1v) is 14.6. The molecule has 4 aromatic rings. The van der Waals surface area contributed by atoms with Gasteiger partial charge in [0.2, 0.25) is 5.91 Å². The van der Waals surface area contributed by atoms with Crippen molar-refractivity contribution < 1.29 is 22.8 Å². The van der Waals surface area contributed by atoms with E-state index in [0.717, 1.165) is 5.56 Å². The minimum atomic E-state index is -4.11. The third-order valence-electron chi connectivity index (χ3n) is 6.48. The summed E-state index contributed by atoms with van der Waals surface area (Å²) >= 11 is 11.9. The molecule has 5 rings (SSSR count). The third kappa shape index (κ3) is 6.40. The molecule has 208 valence electrons. The summed E-state index contributed by atoms with van der Waals surface area (Å²) < 4.78 is 27.2. The average Bonchev–Trinajstić information content (AvgIpc) is 3.03. The van der Waals surface area contributed by atoms with Gasteiger partial charge in [0.15, 0.2) is 0 Å². The van der Waals surface area contributed by atoms with Crippen LogP contribution in [0.15, 0.2) is 96.2 Å². The number of anilines is 1. The van der Waals surface area contributed by atoms with Gasteiger partial charge in [-0.05, 0) is 71.8 Å². The number of carbonyl (C=O) groups is 3. The van der Waals surface area contributed by atoms with Gasteiger partial charge in [-0.25, -0.2) is 13.1 Å². The summed E-state index contributed by atoms with van der Waals surface area (Å²) in [5.74, 6) is -1.58. The van der Waals surface area contributed by atoms with E-state index in [0.29, 0.717) is 26.9 Å². The number of carbonyl (C=O) groups excluding carboxylic acids is 3. The molecule has 1 atom stereocenters. The van der Waals surface area contributed by atoms with Crippen molar-refractivity contribution in [2.75, 3.05) is 5.32 Å². The Balaban J connectivity index is 1.39. The fraction of sp³-hybridized carbons (Fsp3) is 0.103. The van der Waals surface area contributed by atoms with E-state index in [2.05, 4.69) is 10.3 Å². The quantitative estimate of drug-likeness (QED) is 0.313. The molecule has 0 fully saturated rings. The van der Waals surface area contributed by atoms with Crippen molar-refractivity contribution >= 4 is 56.6 Å². The molecule has 0 spiro atoms. The van der Waals surface area contributed by atoms with Crippen molar-refractivity contribution in [3.63, 3.8) is 0 Å². The zero-order valence-electron chi connectivity index (χ0n) is 21.3. The number of fused-ring (bicyclic) bond motifs is 1. The van der Waals surface area contributed by atoms with E-state index in [1.54, 1.807) is 42.7 Å². The average molecular weight is 609 g/mol. The summed E-state index contributed by atoms with van der Waals surface area (Å²) in [4.78, 5) is 45.3. The molecule has 3 amide bonds. The van der Waals surface area contributed by atoms with Gasteiger partial charge in [-0.3, -0.25) is 19.4 Å². The highest BCUT2D eigenvalue weighted by Gasteiger charge is 2.35. The van der Waals surface area contributed by atoms with Crippen LogP contribution in [-0.4, -0.2) is 42.1 Å². The van der Waals surface area contributed by atoms with Crippen molar-refractivity contribution in [3.05, 3.63) is 124 Å². The molecule has 0 aliphatic carbocycles. The van der Waals surface area contributed by atoms with Crippen molar-refractivity contribution in [3.8, 4) is 0 Å². The largest absolute Gasteiger partial charge is 0.323 e. The molecule has 41 heavy (non-hydrogen) atoms. The maximum absolute atomic E-state index is 13.7. The summed E-state index contributed by atoms with van der Waals surface area (Å²) in [7, 11) is -4.11. The number of sulfonamides is 1. The SMILES string of the molecule is O=C(NS(=O)(=O)c1ccc(Cl)cc1)c1ccc(CN2C(=O)c3ccc(Cl)cc3NC(=O)[C@H]2Cc2cccnc2)cc1. The Kier molecular flexibility index (Phi) is 8.07. The number of pyridine rings is 1. The van der Waals surface area contributed by atoms with Crippen LogP contribution in [0.1, 0.15) is 31.8 Å². The number of rotatable bonds is 7. The van der Waals surface area contributed by atoms with Crippen LogP contribution in [0.25, 0.3) is 0 Å². The van der Waals surface area contributed by atoms with Gasteiger partial charge in [-0.15, -0.1) is 0 Å². The van der Waals surface area contributed by atoms with Gasteiger partial charge in [-0.1, -0.05) is 41.4 Å². The van der Waals surface area contributed by atoms with Crippen LogP contribution in [0.4, 0.5) is 5.69 Å². The maximum atomic E-state index is 13.7. The van der Waals surface area contributed by atoms with E-state index in [1.165, 1.54) is 47.4 Å². The van der Waals surface area contributed by atoms with Crippen molar-refractivity contribution in [1.82, 2.24) is 14.6 Å². The number of nitrogens with one attached hydrogen (secondary N) is 2. The van der Waals surface area contributed by atoms with E-state index in [1.807, 2.05) is 10.8 Å². The molecule has 0 unspecified atom stereocenters. The number of aromatic nitrogens is 1. The Morgan fingerprint density at radius 2 is 1.63 bits per heavy atom. The lowest BCUT2D eigenvalue weighted by molar-refractivity contribution is -0.120. The molecule has 0 bridgehead atoms. The Bertz CT molecular complexity index is 1730.